The third-order valence-electron chi connectivity index (χ3n) is 4.30. The molecule has 0 unspecified atom stereocenters. The summed E-state index contributed by atoms with van der Waals surface area (Å²) >= 11 is 0. The number of nitrogens with zero attached hydrogens (tertiary/aromatic N) is 3. The summed E-state index contributed by atoms with van der Waals surface area (Å²) < 4.78 is 2.30. The van der Waals surface area contributed by atoms with Crippen molar-refractivity contribution in [1.82, 2.24) is 19.9 Å². The maximum atomic E-state index is 12.1. The van der Waals surface area contributed by atoms with Crippen molar-refractivity contribution in [2.75, 3.05) is 6.54 Å². The number of fused-ring (bicyclic) bond motifs is 1. The molecule has 1 amide bonds. The molecule has 3 rings (SSSR count). The van der Waals surface area contributed by atoms with Gasteiger partial charge in [-0.2, -0.15) is 0 Å². The summed E-state index contributed by atoms with van der Waals surface area (Å²) in [7, 11) is 0. The normalized spacial score (nSPS) is 10.9. The van der Waals surface area contributed by atoms with Crippen LogP contribution in [0.4, 0.5) is 0 Å². The van der Waals surface area contributed by atoms with Crippen molar-refractivity contribution in [1.29, 1.82) is 0 Å². The molecule has 0 aliphatic carbocycles. The lowest BCUT2D eigenvalue weighted by Crippen LogP contribution is -2.26. The predicted molar refractivity (Wildman–Crippen MR) is 99.5 cm³/mol. The minimum absolute atomic E-state index is 0.0731. The molecule has 25 heavy (non-hydrogen) atoms. The first-order valence-corrected chi connectivity index (χ1v) is 8.92. The number of pyridine rings is 1. The lowest BCUT2D eigenvalue weighted by Gasteiger charge is -2.10. The number of unbranched alkanes of at least 4 members (excludes halogenated alkanes) is 2. The monoisotopic (exact) mass is 336 g/mol. The highest BCUT2D eigenvalue weighted by molar-refractivity contribution is 5.93. The first-order chi connectivity index (χ1) is 12.3. The molecule has 0 radical (unpaired) electrons. The van der Waals surface area contributed by atoms with Crippen LogP contribution in [0, 0.1) is 0 Å². The Balaban J connectivity index is 1.68. The van der Waals surface area contributed by atoms with Gasteiger partial charge in [-0.05, 0) is 30.7 Å². The quantitative estimate of drug-likeness (QED) is 0.640. The number of carbonyl (C=O) groups is 1. The van der Waals surface area contributed by atoms with Crippen LogP contribution < -0.4 is 5.32 Å². The number of carbonyl (C=O) groups excluding carboxylic acids is 1. The second-order valence-electron chi connectivity index (χ2n) is 6.12. The highest BCUT2D eigenvalue weighted by Crippen LogP contribution is 2.17. The van der Waals surface area contributed by atoms with Crippen molar-refractivity contribution >= 4 is 16.9 Å². The fourth-order valence-electron chi connectivity index (χ4n) is 2.98. The molecular formula is C20H24N4O. The molecule has 2 aromatic heterocycles. The Kier molecular flexibility index (Phi) is 5.77. The van der Waals surface area contributed by atoms with E-state index in [2.05, 4.69) is 33.9 Å². The van der Waals surface area contributed by atoms with E-state index in [-0.39, 0.29) is 5.91 Å². The number of nitrogens with one attached hydrogen (secondary N) is 1. The van der Waals surface area contributed by atoms with Gasteiger partial charge in [0.15, 0.2) is 0 Å². The fourth-order valence-corrected chi connectivity index (χ4v) is 2.98. The van der Waals surface area contributed by atoms with Crippen LogP contribution in [0.3, 0.4) is 0 Å². The van der Waals surface area contributed by atoms with Crippen molar-refractivity contribution in [2.24, 2.45) is 0 Å². The molecule has 1 aromatic carbocycles. The van der Waals surface area contributed by atoms with E-state index >= 15 is 0 Å². The summed E-state index contributed by atoms with van der Waals surface area (Å²) in [6.45, 7) is 3.75. The molecule has 0 saturated heterocycles. The Morgan fingerprint density at radius 1 is 1.12 bits per heavy atom. The molecule has 3 aromatic rings. The highest BCUT2D eigenvalue weighted by Gasteiger charge is 2.11. The third kappa shape index (κ3) is 4.24. The molecule has 5 nitrogen and oxygen atoms in total. The van der Waals surface area contributed by atoms with E-state index in [1.807, 2.05) is 12.1 Å². The first kappa shape index (κ1) is 17.1. The largest absolute Gasteiger partial charge is 0.352 e. The van der Waals surface area contributed by atoms with Crippen LogP contribution >= 0.6 is 0 Å². The van der Waals surface area contributed by atoms with Crippen molar-refractivity contribution in [2.45, 2.75) is 39.2 Å². The van der Waals surface area contributed by atoms with E-state index in [0.29, 0.717) is 12.1 Å². The Morgan fingerprint density at radius 2 is 1.92 bits per heavy atom. The molecule has 0 saturated carbocycles. The number of imidazole rings is 1. The Hall–Kier alpha value is -2.69. The highest BCUT2D eigenvalue weighted by atomic mass is 16.1. The van der Waals surface area contributed by atoms with E-state index < -0.39 is 0 Å². The lowest BCUT2D eigenvalue weighted by atomic mass is 10.2. The molecule has 0 bridgehead atoms. The molecule has 0 aliphatic rings. The summed E-state index contributed by atoms with van der Waals surface area (Å²) in [5.74, 6) is 0.961. The number of amides is 1. The van der Waals surface area contributed by atoms with Gasteiger partial charge >= 0.3 is 0 Å². The zero-order chi connectivity index (χ0) is 17.5. The second kappa shape index (κ2) is 8.42. The average Bonchev–Trinajstić information content (AvgIpc) is 3.00. The van der Waals surface area contributed by atoms with Crippen LogP contribution in [-0.4, -0.2) is 27.0 Å². The maximum absolute atomic E-state index is 12.1. The number of hydrogen-bond acceptors (Lipinski definition) is 3. The molecule has 2 heterocycles. The van der Waals surface area contributed by atoms with Gasteiger partial charge in [0.05, 0.1) is 11.0 Å². The van der Waals surface area contributed by atoms with Crippen molar-refractivity contribution < 1.29 is 4.79 Å². The van der Waals surface area contributed by atoms with E-state index in [9.17, 15) is 4.79 Å². The van der Waals surface area contributed by atoms with E-state index in [4.69, 9.17) is 4.98 Å². The van der Waals surface area contributed by atoms with E-state index in [1.54, 1.807) is 24.5 Å². The van der Waals surface area contributed by atoms with Crippen molar-refractivity contribution in [3.8, 4) is 0 Å². The number of benzene rings is 1. The van der Waals surface area contributed by atoms with Crippen LogP contribution in [0.1, 0.15) is 42.4 Å². The molecular weight excluding hydrogens is 312 g/mol. The van der Waals surface area contributed by atoms with Crippen LogP contribution in [0.5, 0.6) is 0 Å². The molecule has 1 N–H and O–H groups in total. The van der Waals surface area contributed by atoms with Gasteiger partial charge in [-0.3, -0.25) is 9.78 Å². The smallest absolute Gasteiger partial charge is 0.251 e. The number of aryl methyl sites for hydroxylation is 1. The Bertz CT molecular complexity index is 826. The number of para-hydroxylation sites is 2. The standard InChI is InChI=1S/C20H24N4O/c1-2-3-6-15-24-18-8-5-4-7-17(18)23-19(24)11-14-22-20(25)16-9-12-21-13-10-16/h4-5,7-10,12-13H,2-3,6,11,14-15H2,1H3,(H,22,25). The van der Waals surface area contributed by atoms with Crippen LogP contribution in [-0.2, 0) is 13.0 Å². The average molecular weight is 336 g/mol. The topological polar surface area (TPSA) is 59.8 Å². The molecule has 0 aliphatic heterocycles. The number of rotatable bonds is 8. The number of aromatic nitrogens is 3. The Labute approximate surface area is 148 Å². The third-order valence-corrected chi connectivity index (χ3v) is 4.30. The van der Waals surface area contributed by atoms with Gasteiger partial charge in [0.2, 0.25) is 0 Å². The van der Waals surface area contributed by atoms with Gasteiger partial charge in [0, 0.05) is 37.5 Å². The van der Waals surface area contributed by atoms with Crippen LogP contribution in [0.25, 0.3) is 11.0 Å². The number of hydrogen-bond donors (Lipinski definition) is 1. The summed E-state index contributed by atoms with van der Waals surface area (Å²) in [6.07, 6.45) is 7.53. The minimum atomic E-state index is -0.0731. The predicted octanol–water partition coefficient (Wildman–Crippen LogP) is 3.59. The van der Waals surface area contributed by atoms with Gasteiger partial charge < -0.3 is 9.88 Å². The zero-order valence-electron chi connectivity index (χ0n) is 14.6. The maximum Gasteiger partial charge on any atom is 0.251 e. The molecule has 0 fully saturated rings. The van der Waals surface area contributed by atoms with Crippen molar-refractivity contribution in [3.63, 3.8) is 0 Å². The van der Waals surface area contributed by atoms with Crippen LogP contribution in [0.15, 0.2) is 48.8 Å². The van der Waals surface area contributed by atoms with Crippen molar-refractivity contribution in [3.05, 3.63) is 60.2 Å². The molecule has 5 heteroatoms. The SMILES string of the molecule is CCCCCn1c(CCNC(=O)c2ccncc2)nc2ccccc21. The summed E-state index contributed by atoms with van der Waals surface area (Å²) in [4.78, 5) is 20.8. The first-order valence-electron chi connectivity index (χ1n) is 8.92. The van der Waals surface area contributed by atoms with E-state index in [1.165, 1.54) is 18.4 Å². The zero-order valence-corrected chi connectivity index (χ0v) is 14.6. The van der Waals surface area contributed by atoms with Gasteiger partial charge in [0.25, 0.3) is 5.91 Å². The molecule has 0 spiro atoms. The molecule has 0 atom stereocenters. The minimum Gasteiger partial charge on any atom is -0.352 e. The summed E-state index contributed by atoms with van der Waals surface area (Å²) in [5.41, 5.74) is 2.83. The van der Waals surface area contributed by atoms with E-state index in [0.717, 1.165) is 30.7 Å². The van der Waals surface area contributed by atoms with Gasteiger partial charge in [-0.15, -0.1) is 0 Å². The van der Waals surface area contributed by atoms with Gasteiger partial charge in [0.1, 0.15) is 5.82 Å². The van der Waals surface area contributed by atoms with Crippen LogP contribution in [0.2, 0.25) is 0 Å². The fraction of sp³-hybridized carbons (Fsp3) is 0.350. The second-order valence-corrected chi connectivity index (χ2v) is 6.12. The molecule has 130 valence electrons. The van der Waals surface area contributed by atoms with Gasteiger partial charge in [-0.1, -0.05) is 31.9 Å². The summed E-state index contributed by atoms with van der Waals surface area (Å²) in [5, 5.41) is 2.97. The lowest BCUT2D eigenvalue weighted by molar-refractivity contribution is 0.0954. The van der Waals surface area contributed by atoms with Gasteiger partial charge in [-0.25, -0.2) is 4.98 Å². The summed E-state index contributed by atoms with van der Waals surface area (Å²) in [6, 6.07) is 11.7. The Morgan fingerprint density at radius 3 is 2.72 bits per heavy atom.